The molecular weight excluding hydrogens is 157 g/mol. The smallest absolute Gasteiger partial charge is 0.146 e. The van der Waals surface area contributed by atoms with Crippen molar-refractivity contribution in [1.82, 2.24) is 0 Å². The highest BCUT2D eigenvalue weighted by Gasteiger charge is 1.99. The summed E-state index contributed by atoms with van der Waals surface area (Å²) in [6, 6.07) is 4.45. The van der Waals surface area contributed by atoms with Gasteiger partial charge in [0.2, 0.25) is 0 Å². The van der Waals surface area contributed by atoms with E-state index in [2.05, 4.69) is 0 Å². The van der Waals surface area contributed by atoms with E-state index >= 15 is 0 Å². The molecule has 0 saturated carbocycles. The summed E-state index contributed by atoms with van der Waals surface area (Å²) in [6.07, 6.45) is 3.35. The van der Waals surface area contributed by atoms with E-state index < -0.39 is 5.82 Å². The first-order chi connectivity index (χ1) is 5.75. The maximum absolute atomic E-state index is 12.8. The molecular formula is C9H8FNO. The number of hydrogen-bond donors (Lipinski definition) is 1. The van der Waals surface area contributed by atoms with Crippen LogP contribution in [0.3, 0.4) is 0 Å². The molecule has 0 spiro atoms. The number of carbonyl (C=O) groups is 1. The third kappa shape index (κ3) is 1.69. The van der Waals surface area contributed by atoms with Crippen LogP contribution < -0.4 is 5.73 Å². The van der Waals surface area contributed by atoms with Crippen LogP contribution in [0.4, 0.5) is 10.1 Å². The van der Waals surface area contributed by atoms with Crippen LogP contribution in [0.2, 0.25) is 0 Å². The van der Waals surface area contributed by atoms with E-state index in [1.165, 1.54) is 24.3 Å². The minimum atomic E-state index is -0.469. The number of aldehydes is 1. The minimum absolute atomic E-state index is 0.0654. The molecule has 0 amide bonds. The normalized spacial score (nSPS) is 10.4. The molecule has 0 aliphatic heterocycles. The number of allylic oxidation sites excluding steroid dienone is 1. The standard InChI is InChI=1S/C9H8FNO/c10-8-5-1-3-7(9(8)11)4-2-6-12/h1-6H,11H2. The van der Waals surface area contributed by atoms with Crippen LogP contribution in [0, 0.1) is 5.82 Å². The predicted molar refractivity (Wildman–Crippen MR) is 45.9 cm³/mol. The Hall–Kier alpha value is -1.64. The van der Waals surface area contributed by atoms with E-state index in [1.54, 1.807) is 6.07 Å². The summed E-state index contributed by atoms with van der Waals surface area (Å²) in [5.74, 6) is -0.469. The van der Waals surface area contributed by atoms with Gasteiger partial charge < -0.3 is 5.73 Å². The van der Waals surface area contributed by atoms with E-state index in [1.807, 2.05) is 0 Å². The lowest BCUT2D eigenvalue weighted by Gasteiger charge is -1.99. The van der Waals surface area contributed by atoms with E-state index in [-0.39, 0.29) is 5.69 Å². The van der Waals surface area contributed by atoms with Crippen molar-refractivity contribution in [2.24, 2.45) is 0 Å². The summed E-state index contributed by atoms with van der Waals surface area (Å²) in [4.78, 5) is 9.95. The van der Waals surface area contributed by atoms with Gasteiger partial charge in [0.25, 0.3) is 0 Å². The van der Waals surface area contributed by atoms with E-state index in [0.29, 0.717) is 11.8 Å². The van der Waals surface area contributed by atoms with Gasteiger partial charge in [-0.1, -0.05) is 12.1 Å². The molecule has 2 N–H and O–H groups in total. The number of anilines is 1. The monoisotopic (exact) mass is 165 g/mol. The fraction of sp³-hybridized carbons (Fsp3) is 0. The van der Waals surface area contributed by atoms with Gasteiger partial charge in [0.1, 0.15) is 12.1 Å². The Bertz CT molecular complexity index is 320. The highest BCUT2D eigenvalue weighted by Crippen LogP contribution is 2.16. The fourth-order valence-electron chi connectivity index (χ4n) is 0.842. The van der Waals surface area contributed by atoms with Crippen molar-refractivity contribution in [3.63, 3.8) is 0 Å². The van der Waals surface area contributed by atoms with Gasteiger partial charge in [-0.05, 0) is 18.2 Å². The van der Waals surface area contributed by atoms with Crippen LogP contribution in [0.25, 0.3) is 6.08 Å². The highest BCUT2D eigenvalue weighted by atomic mass is 19.1. The van der Waals surface area contributed by atoms with Gasteiger partial charge in [-0.15, -0.1) is 0 Å². The van der Waals surface area contributed by atoms with Crippen molar-refractivity contribution < 1.29 is 9.18 Å². The lowest BCUT2D eigenvalue weighted by molar-refractivity contribution is -0.104. The van der Waals surface area contributed by atoms with Gasteiger partial charge in [-0.25, -0.2) is 4.39 Å². The zero-order valence-corrected chi connectivity index (χ0v) is 6.33. The Kier molecular flexibility index (Phi) is 2.58. The third-order valence-corrected chi connectivity index (χ3v) is 1.44. The van der Waals surface area contributed by atoms with Crippen LogP contribution in [-0.2, 0) is 4.79 Å². The second-order valence-electron chi connectivity index (χ2n) is 2.24. The molecule has 0 heterocycles. The first kappa shape index (κ1) is 8.46. The summed E-state index contributed by atoms with van der Waals surface area (Å²) < 4.78 is 12.8. The second kappa shape index (κ2) is 3.67. The Balaban J connectivity index is 3.07. The van der Waals surface area contributed by atoms with Crippen molar-refractivity contribution >= 4 is 18.0 Å². The Morgan fingerprint density at radius 1 is 1.42 bits per heavy atom. The average molecular weight is 165 g/mol. The van der Waals surface area contributed by atoms with Crippen molar-refractivity contribution in [2.75, 3.05) is 5.73 Å². The van der Waals surface area contributed by atoms with E-state index in [0.717, 1.165) is 0 Å². The van der Waals surface area contributed by atoms with E-state index in [4.69, 9.17) is 5.73 Å². The average Bonchev–Trinajstić information content (AvgIpc) is 2.08. The molecule has 0 bridgehead atoms. The van der Waals surface area contributed by atoms with Gasteiger partial charge >= 0.3 is 0 Å². The van der Waals surface area contributed by atoms with Crippen LogP contribution in [0.1, 0.15) is 5.56 Å². The Labute approximate surface area is 69.5 Å². The predicted octanol–water partition coefficient (Wildman–Crippen LogP) is 1.62. The fourth-order valence-corrected chi connectivity index (χ4v) is 0.842. The zero-order chi connectivity index (χ0) is 8.97. The molecule has 0 aromatic heterocycles. The number of para-hydroxylation sites is 1. The number of rotatable bonds is 2. The lowest BCUT2D eigenvalue weighted by Crippen LogP contribution is -1.93. The molecule has 1 aromatic carbocycles. The lowest BCUT2D eigenvalue weighted by atomic mass is 10.1. The molecule has 2 nitrogen and oxygen atoms in total. The molecule has 0 radical (unpaired) electrons. The van der Waals surface area contributed by atoms with Crippen LogP contribution in [-0.4, -0.2) is 6.29 Å². The van der Waals surface area contributed by atoms with Gasteiger partial charge in [-0.3, -0.25) is 4.79 Å². The summed E-state index contributed by atoms with van der Waals surface area (Å²) >= 11 is 0. The molecule has 1 aromatic rings. The number of nitrogen functional groups attached to an aromatic ring is 1. The van der Waals surface area contributed by atoms with E-state index in [9.17, 15) is 9.18 Å². The maximum atomic E-state index is 12.8. The quantitative estimate of drug-likeness (QED) is 0.411. The Morgan fingerprint density at radius 2 is 2.17 bits per heavy atom. The minimum Gasteiger partial charge on any atom is -0.396 e. The topological polar surface area (TPSA) is 43.1 Å². The molecule has 0 aliphatic carbocycles. The molecule has 0 atom stereocenters. The zero-order valence-electron chi connectivity index (χ0n) is 6.33. The Morgan fingerprint density at radius 3 is 2.83 bits per heavy atom. The van der Waals surface area contributed by atoms with Crippen LogP contribution in [0.5, 0.6) is 0 Å². The number of carbonyl (C=O) groups excluding carboxylic acids is 1. The first-order valence-electron chi connectivity index (χ1n) is 3.41. The molecule has 3 heteroatoms. The van der Waals surface area contributed by atoms with Gasteiger partial charge in [-0.2, -0.15) is 0 Å². The molecule has 0 fully saturated rings. The highest BCUT2D eigenvalue weighted by molar-refractivity contribution is 5.77. The third-order valence-electron chi connectivity index (χ3n) is 1.44. The molecule has 62 valence electrons. The maximum Gasteiger partial charge on any atom is 0.146 e. The molecule has 1 rings (SSSR count). The second-order valence-corrected chi connectivity index (χ2v) is 2.24. The number of nitrogens with two attached hydrogens (primary N) is 1. The molecule has 0 unspecified atom stereocenters. The largest absolute Gasteiger partial charge is 0.396 e. The van der Waals surface area contributed by atoms with Gasteiger partial charge in [0, 0.05) is 5.56 Å². The molecule has 12 heavy (non-hydrogen) atoms. The van der Waals surface area contributed by atoms with Crippen molar-refractivity contribution in [1.29, 1.82) is 0 Å². The van der Waals surface area contributed by atoms with Gasteiger partial charge in [0.05, 0.1) is 5.69 Å². The number of benzene rings is 1. The van der Waals surface area contributed by atoms with Crippen molar-refractivity contribution in [3.05, 3.63) is 35.7 Å². The summed E-state index contributed by atoms with van der Waals surface area (Å²) in [5.41, 5.74) is 5.96. The summed E-state index contributed by atoms with van der Waals surface area (Å²) in [7, 11) is 0. The van der Waals surface area contributed by atoms with Crippen LogP contribution >= 0.6 is 0 Å². The molecule has 0 saturated heterocycles. The van der Waals surface area contributed by atoms with Crippen LogP contribution in [0.15, 0.2) is 24.3 Å². The van der Waals surface area contributed by atoms with Gasteiger partial charge in [0.15, 0.2) is 0 Å². The number of hydrogen-bond acceptors (Lipinski definition) is 2. The van der Waals surface area contributed by atoms with Crippen molar-refractivity contribution in [3.8, 4) is 0 Å². The van der Waals surface area contributed by atoms with Crippen molar-refractivity contribution in [2.45, 2.75) is 0 Å². The molecule has 0 aliphatic rings. The summed E-state index contributed by atoms with van der Waals surface area (Å²) in [5, 5.41) is 0. The SMILES string of the molecule is Nc1c(F)cccc1C=CC=O. The summed E-state index contributed by atoms with van der Waals surface area (Å²) in [6.45, 7) is 0. The number of halogens is 1. The first-order valence-corrected chi connectivity index (χ1v) is 3.41.